The molecule has 2 bridgehead atoms. The van der Waals surface area contributed by atoms with E-state index in [4.69, 9.17) is 14.2 Å². The van der Waals surface area contributed by atoms with Crippen LogP contribution in [0.15, 0.2) is 79.0 Å². The smallest absolute Gasteiger partial charge is 0.260 e. The van der Waals surface area contributed by atoms with Crippen molar-refractivity contribution >= 4 is 17.7 Å². The number of carbonyl (C=O) groups is 3. The summed E-state index contributed by atoms with van der Waals surface area (Å²) < 4.78 is 19.2. The first-order valence-corrected chi connectivity index (χ1v) is 18.0. The molecule has 3 aromatic carbocycles. The van der Waals surface area contributed by atoms with Crippen LogP contribution in [0.4, 0.5) is 0 Å². The first-order valence-electron chi connectivity index (χ1n) is 18.0. The van der Waals surface area contributed by atoms with Gasteiger partial charge in [-0.2, -0.15) is 0 Å². The predicted octanol–water partition coefficient (Wildman–Crippen LogP) is 3.27. The van der Waals surface area contributed by atoms with Crippen molar-refractivity contribution < 1.29 is 28.6 Å². The molecule has 0 spiro atoms. The van der Waals surface area contributed by atoms with Crippen molar-refractivity contribution in [3.63, 3.8) is 0 Å². The van der Waals surface area contributed by atoms with E-state index in [1.807, 2.05) is 65.7 Å². The number of para-hydroxylation sites is 1. The molecule has 0 unspecified atom stereocenters. The maximum atomic E-state index is 13.8. The lowest BCUT2D eigenvalue weighted by Crippen LogP contribution is -2.49. The standard InChI is InChI=1S/C39H47N7O6/c1-50-35-12-7-11-33-37(35)51-24-8-21-46-27-31(42-43-46)17-22-44(23-18-40-39(49)34(41-38(33)48)25-29-9-3-2-4-10-29)26-30-13-15-32(16-14-30)52-28-36(47)45-19-5-6-20-45/h2-4,7,9-16,27,34H,5-6,8,17-26,28H2,1H3,(H,40,49)(H,41,48)/t34-/m0/s1. The zero-order chi connectivity index (χ0) is 36.1. The molecule has 3 heterocycles. The average Bonchev–Trinajstić information content (AvgIpc) is 3.88. The Hall–Kier alpha value is -5.43. The maximum Gasteiger partial charge on any atom is 0.260 e. The second-order valence-corrected chi connectivity index (χ2v) is 13.1. The summed E-state index contributed by atoms with van der Waals surface area (Å²) in [5, 5.41) is 14.7. The second-order valence-electron chi connectivity index (χ2n) is 13.1. The molecule has 3 amide bonds. The average molecular weight is 710 g/mol. The molecule has 1 aromatic heterocycles. The van der Waals surface area contributed by atoms with Crippen molar-refractivity contribution in [2.45, 2.75) is 51.2 Å². The number of fused-ring (bicyclic) bond motifs is 3. The highest BCUT2D eigenvalue weighted by molar-refractivity contribution is 6.00. The van der Waals surface area contributed by atoms with Crippen LogP contribution in [-0.2, 0) is 35.5 Å². The minimum atomic E-state index is -0.830. The lowest BCUT2D eigenvalue weighted by molar-refractivity contribution is -0.132. The summed E-state index contributed by atoms with van der Waals surface area (Å²) in [6.45, 7) is 4.76. The van der Waals surface area contributed by atoms with Crippen LogP contribution < -0.4 is 24.8 Å². The topological polar surface area (TPSA) is 140 Å². The fraction of sp³-hybridized carbons (Fsp3) is 0.410. The molecule has 13 heteroatoms. The van der Waals surface area contributed by atoms with Gasteiger partial charge in [0.05, 0.1) is 25.0 Å². The van der Waals surface area contributed by atoms with Gasteiger partial charge in [0.2, 0.25) is 5.91 Å². The molecule has 1 saturated heterocycles. The highest BCUT2D eigenvalue weighted by Crippen LogP contribution is 2.31. The van der Waals surface area contributed by atoms with E-state index in [0.29, 0.717) is 75.8 Å². The zero-order valence-corrected chi connectivity index (χ0v) is 29.7. The number of hydrogen-bond acceptors (Lipinski definition) is 9. The van der Waals surface area contributed by atoms with Gasteiger partial charge in [0.15, 0.2) is 18.1 Å². The van der Waals surface area contributed by atoms with E-state index in [2.05, 4.69) is 25.8 Å². The van der Waals surface area contributed by atoms with Crippen molar-refractivity contribution in [3.8, 4) is 17.2 Å². The van der Waals surface area contributed by atoms with Crippen LogP contribution in [0.3, 0.4) is 0 Å². The molecule has 52 heavy (non-hydrogen) atoms. The van der Waals surface area contributed by atoms with Gasteiger partial charge in [-0.3, -0.25) is 24.0 Å². The van der Waals surface area contributed by atoms with Gasteiger partial charge in [-0.15, -0.1) is 5.10 Å². The van der Waals surface area contributed by atoms with Crippen molar-refractivity contribution in [2.24, 2.45) is 0 Å². The summed E-state index contributed by atoms with van der Waals surface area (Å²) >= 11 is 0. The Kier molecular flexibility index (Phi) is 12.7. The summed E-state index contributed by atoms with van der Waals surface area (Å²) in [4.78, 5) is 44.0. The molecule has 0 aliphatic carbocycles. The molecule has 274 valence electrons. The molecule has 2 aliphatic heterocycles. The molecular formula is C39H47N7O6. The minimum Gasteiger partial charge on any atom is -0.493 e. The van der Waals surface area contributed by atoms with Crippen molar-refractivity contribution in [1.82, 2.24) is 35.4 Å². The van der Waals surface area contributed by atoms with E-state index < -0.39 is 11.9 Å². The number of likely N-dealkylation sites (tertiary alicyclic amines) is 1. The molecule has 13 nitrogen and oxygen atoms in total. The Morgan fingerprint density at radius 3 is 2.50 bits per heavy atom. The van der Waals surface area contributed by atoms with Gasteiger partial charge in [0, 0.05) is 71.3 Å². The molecule has 2 aliphatic rings. The predicted molar refractivity (Wildman–Crippen MR) is 194 cm³/mol. The molecule has 1 fully saturated rings. The molecule has 4 aromatic rings. The second kappa shape index (κ2) is 18.2. The van der Waals surface area contributed by atoms with Crippen LogP contribution in [0.5, 0.6) is 17.2 Å². The van der Waals surface area contributed by atoms with Crippen LogP contribution in [0.1, 0.15) is 46.4 Å². The molecule has 2 N–H and O–H groups in total. The Morgan fingerprint density at radius 2 is 1.71 bits per heavy atom. The van der Waals surface area contributed by atoms with E-state index in [1.54, 1.807) is 22.9 Å². The number of amides is 3. The number of hydrogen-bond donors (Lipinski definition) is 2. The number of nitrogens with zero attached hydrogens (tertiary/aromatic N) is 5. The number of carbonyl (C=O) groups excluding carboxylic acids is 3. The maximum absolute atomic E-state index is 13.8. The van der Waals surface area contributed by atoms with Crippen LogP contribution in [0.2, 0.25) is 0 Å². The van der Waals surface area contributed by atoms with Crippen molar-refractivity contribution in [3.05, 3.63) is 101 Å². The zero-order valence-electron chi connectivity index (χ0n) is 29.7. The number of nitrogens with one attached hydrogen (secondary N) is 2. The van der Waals surface area contributed by atoms with E-state index in [0.717, 1.165) is 42.8 Å². The van der Waals surface area contributed by atoms with Crippen molar-refractivity contribution in [1.29, 1.82) is 0 Å². The summed E-state index contributed by atoms with van der Waals surface area (Å²) in [6.07, 6.45) is 5.64. The lowest BCUT2D eigenvalue weighted by atomic mass is 10.0. The Labute approximate surface area is 304 Å². The molecular weight excluding hydrogens is 662 g/mol. The van der Waals surface area contributed by atoms with Crippen LogP contribution in [0.25, 0.3) is 0 Å². The Bertz CT molecular complexity index is 1780. The SMILES string of the molecule is COc1cccc2c1OCCCn1cc(nn1)CCN(Cc1ccc(OCC(=O)N3CCCC3)cc1)CCNC(=O)[C@H](Cc1ccccc1)NC2=O. The third kappa shape index (κ3) is 10.1. The fourth-order valence-electron chi connectivity index (χ4n) is 6.42. The van der Waals surface area contributed by atoms with Crippen LogP contribution in [0, 0.1) is 0 Å². The van der Waals surface area contributed by atoms with Gasteiger partial charge in [0.1, 0.15) is 11.8 Å². The normalized spacial score (nSPS) is 17.8. The van der Waals surface area contributed by atoms with E-state index >= 15 is 0 Å². The Balaban J connectivity index is 1.16. The van der Waals surface area contributed by atoms with Gasteiger partial charge < -0.3 is 29.7 Å². The summed E-state index contributed by atoms with van der Waals surface area (Å²) in [5.41, 5.74) is 3.14. The summed E-state index contributed by atoms with van der Waals surface area (Å²) in [7, 11) is 1.53. The van der Waals surface area contributed by atoms with E-state index in [-0.39, 0.29) is 24.0 Å². The number of ether oxygens (including phenoxy) is 3. The van der Waals surface area contributed by atoms with Crippen LogP contribution in [-0.4, -0.2) is 102 Å². The van der Waals surface area contributed by atoms with E-state index in [9.17, 15) is 14.4 Å². The van der Waals surface area contributed by atoms with Gasteiger partial charge in [-0.25, -0.2) is 0 Å². The molecule has 0 radical (unpaired) electrons. The largest absolute Gasteiger partial charge is 0.493 e. The first kappa shape index (κ1) is 36.4. The monoisotopic (exact) mass is 709 g/mol. The number of rotatable bonds is 8. The van der Waals surface area contributed by atoms with Crippen LogP contribution >= 0.6 is 0 Å². The third-order valence-corrected chi connectivity index (χ3v) is 9.27. The quantitative estimate of drug-likeness (QED) is 0.282. The van der Waals surface area contributed by atoms with E-state index in [1.165, 1.54) is 7.11 Å². The fourth-order valence-corrected chi connectivity index (χ4v) is 6.42. The van der Waals surface area contributed by atoms with Gasteiger partial charge in [0.25, 0.3) is 11.8 Å². The Morgan fingerprint density at radius 1 is 0.904 bits per heavy atom. The number of benzene rings is 3. The highest BCUT2D eigenvalue weighted by Gasteiger charge is 2.25. The molecule has 0 saturated carbocycles. The minimum absolute atomic E-state index is 0.0170. The number of methoxy groups -OCH3 is 1. The third-order valence-electron chi connectivity index (χ3n) is 9.27. The highest BCUT2D eigenvalue weighted by atomic mass is 16.5. The first-order chi connectivity index (χ1) is 25.4. The summed E-state index contributed by atoms with van der Waals surface area (Å²) in [6, 6.07) is 21.7. The number of aromatic nitrogens is 3. The number of aryl methyl sites for hydroxylation is 1. The lowest BCUT2D eigenvalue weighted by Gasteiger charge is -2.24. The van der Waals surface area contributed by atoms with Gasteiger partial charge in [-0.1, -0.05) is 53.7 Å². The molecule has 6 rings (SSSR count). The van der Waals surface area contributed by atoms with Crippen molar-refractivity contribution in [2.75, 3.05) is 53.0 Å². The van der Waals surface area contributed by atoms with Gasteiger partial charge >= 0.3 is 0 Å². The summed E-state index contributed by atoms with van der Waals surface area (Å²) in [5.74, 6) is 0.702. The molecule has 1 atom stereocenters. The van der Waals surface area contributed by atoms with Gasteiger partial charge in [-0.05, 0) is 48.2 Å².